The summed E-state index contributed by atoms with van der Waals surface area (Å²) >= 11 is 0. The Morgan fingerprint density at radius 2 is 1.50 bits per heavy atom. The van der Waals surface area contributed by atoms with E-state index in [9.17, 15) is 26.3 Å². The predicted octanol–water partition coefficient (Wildman–Crippen LogP) is 6.58. The van der Waals surface area contributed by atoms with Crippen molar-refractivity contribution in [3.63, 3.8) is 0 Å². The molecule has 1 N–H and O–H groups in total. The molecule has 5 atom stereocenters. The van der Waals surface area contributed by atoms with Crippen molar-refractivity contribution in [3.8, 4) is 0 Å². The van der Waals surface area contributed by atoms with Gasteiger partial charge in [0.25, 0.3) is 0 Å². The predicted molar refractivity (Wildman–Crippen MR) is 108 cm³/mol. The van der Waals surface area contributed by atoms with Gasteiger partial charge in [0.05, 0.1) is 23.3 Å². The largest absolute Gasteiger partial charge is 0.416 e. The van der Waals surface area contributed by atoms with Crippen molar-refractivity contribution in [1.29, 1.82) is 0 Å². The maximum Gasteiger partial charge on any atom is 0.416 e. The Balaban J connectivity index is 1.64. The highest BCUT2D eigenvalue weighted by molar-refractivity contribution is 5.35. The summed E-state index contributed by atoms with van der Waals surface area (Å²) in [7, 11) is 0. The lowest BCUT2D eigenvalue weighted by molar-refractivity contribution is -0.143. The van der Waals surface area contributed by atoms with E-state index in [1.165, 1.54) is 6.92 Å². The Labute approximate surface area is 183 Å². The normalized spacial score (nSPS) is 27.2. The van der Waals surface area contributed by atoms with Gasteiger partial charge in [-0.2, -0.15) is 26.3 Å². The van der Waals surface area contributed by atoms with Crippen LogP contribution in [0.4, 0.5) is 26.3 Å². The van der Waals surface area contributed by atoms with Crippen LogP contribution in [0, 0.1) is 11.8 Å². The van der Waals surface area contributed by atoms with E-state index < -0.39 is 29.6 Å². The highest BCUT2D eigenvalue weighted by Crippen LogP contribution is 2.46. The third kappa shape index (κ3) is 4.81. The molecule has 2 aromatic rings. The van der Waals surface area contributed by atoms with Crippen LogP contribution in [0.1, 0.15) is 54.0 Å². The fraction of sp³-hybridized carbons (Fsp3) is 0.500. The minimum Gasteiger partial charge on any atom is -0.370 e. The van der Waals surface area contributed by atoms with Gasteiger partial charge in [-0.15, -0.1) is 0 Å². The van der Waals surface area contributed by atoms with E-state index in [1.54, 1.807) is 0 Å². The Morgan fingerprint density at radius 1 is 0.875 bits per heavy atom. The van der Waals surface area contributed by atoms with Crippen LogP contribution in [0.3, 0.4) is 0 Å². The van der Waals surface area contributed by atoms with E-state index in [0.29, 0.717) is 18.3 Å². The first kappa shape index (κ1) is 23.1. The molecule has 1 heterocycles. The van der Waals surface area contributed by atoms with Crippen LogP contribution in [0.25, 0.3) is 0 Å². The minimum absolute atomic E-state index is 0.0280. The number of fused-ring (bicyclic) bond motifs is 1. The number of nitrogens with one attached hydrogen (secondary N) is 1. The lowest BCUT2D eigenvalue weighted by Gasteiger charge is -2.41. The van der Waals surface area contributed by atoms with Crippen LogP contribution < -0.4 is 5.32 Å². The van der Waals surface area contributed by atoms with Gasteiger partial charge in [-0.1, -0.05) is 30.3 Å². The number of hydrogen-bond donors (Lipinski definition) is 1. The zero-order chi connectivity index (χ0) is 23.1. The molecule has 0 bridgehead atoms. The zero-order valence-corrected chi connectivity index (χ0v) is 17.5. The highest BCUT2D eigenvalue weighted by Gasteiger charge is 2.44. The first-order valence-electron chi connectivity index (χ1n) is 10.7. The van der Waals surface area contributed by atoms with Crippen molar-refractivity contribution in [1.82, 2.24) is 5.32 Å². The highest BCUT2D eigenvalue weighted by atomic mass is 19.4. The van der Waals surface area contributed by atoms with Crippen LogP contribution in [0.2, 0.25) is 0 Å². The van der Waals surface area contributed by atoms with Crippen LogP contribution >= 0.6 is 0 Å². The summed E-state index contributed by atoms with van der Waals surface area (Å²) < 4.78 is 85.9. The SMILES string of the molecule is C[C@@H](O[C@H]1CC[C@@H]2CNC[C@H]2C1c1ccccc1)c1cc(C(F)(F)F)cc(C(F)(F)F)c1. The summed E-state index contributed by atoms with van der Waals surface area (Å²) in [6, 6.07) is 11.5. The van der Waals surface area contributed by atoms with E-state index in [2.05, 4.69) is 5.32 Å². The molecule has 1 saturated carbocycles. The molecule has 2 nitrogen and oxygen atoms in total. The molecule has 0 amide bonds. The monoisotopic (exact) mass is 457 g/mol. The van der Waals surface area contributed by atoms with E-state index in [0.717, 1.165) is 37.2 Å². The maximum atomic E-state index is 13.3. The fourth-order valence-electron chi connectivity index (χ4n) is 5.17. The molecular formula is C24H25F6NO. The second kappa shape index (κ2) is 8.71. The van der Waals surface area contributed by atoms with E-state index >= 15 is 0 Å². The van der Waals surface area contributed by atoms with Gasteiger partial charge in [-0.3, -0.25) is 0 Å². The van der Waals surface area contributed by atoms with Crippen LogP contribution in [-0.4, -0.2) is 19.2 Å². The number of rotatable bonds is 4. The van der Waals surface area contributed by atoms with Gasteiger partial charge >= 0.3 is 12.4 Å². The van der Waals surface area contributed by atoms with Gasteiger partial charge < -0.3 is 10.1 Å². The van der Waals surface area contributed by atoms with Crippen molar-refractivity contribution in [2.24, 2.45) is 11.8 Å². The summed E-state index contributed by atoms with van der Waals surface area (Å²) in [6.07, 6.45) is -9.35. The quantitative estimate of drug-likeness (QED) is 0.524. The number of alkyl halides is 6. The lowest BCUT2D eigenvalue weighted by atomic mass is 9.69. The third-order valence-corrected chi connectivity index (χ3v) is 6.72. The number of ether oxygens (including phenoxy) is 1. The maximum absolute atomic E-state index is 13.3. The first-order valence-corrected chi connectivity index (χ1v) is 10.7. The Morgan fingerprint density at radius 3 is 2.09 bits per heavy atom. The molecule has 0 aromatic heterocycles. The summed E-state index contributed by atoms with van der Waals surface area (Å²) in [5.74, 6) is 0.830. The van der Waals surface area contributed by atoms with Crippen molar-refractivity contribution in [2.45, 2.75) is 50.2 Å². The molecule has 4 rings (SSSR count). The number of benzene rings is 2. The van der Waals surface area contributed by atoms with Crippen LogP contribution in [0.15, 0.2) is 48.5 Å². The number of hydrogen-bond acceptors (Lipinski definition) is 2. The molecule has 8 heteroatoms. The third-order valence-electron chi connectivity index (χ3n) is 6.72. The molecule has 1 saturated heterocycles. The average molecular weight is 457 g/mol. The molecule has 0 radical (unpaired) electrons. The molecule has 2 fully saturated rings. The van der Waals surface area contributed by atoms with E-state index in [4.69, 9.17) is 4.74 Å². The topological polar surface area (TPSA) is 21.3 Å². The summed E-state index contributed by atoms with van der Waals surface area (Å²) in [5, 5.41) is 3.41. The van der Waals surface area contributed by atoms with Crippen molar-refractivity contribution in [2.75, 3.05) is 13.1 Å². The van der Waals surface area contributed by atoms with Gasteiger partial charge in [0.15, 0.2) is 0 Å². The first-order chi connectivity index (χ1) is 15.0. The van der Waals surface area contributed by atoms with Crippen LogP contribution in [-0.2, 0) is 17.1 Å². The fourth-order valence-corrected chi connectivity index (χ4v) is 5.17. The Bertz CT molecular complexity index is 894. The molecule has 1 unspecified atom stereocenters. The summed E-state index contributed by atoms with van der Waals surface area (Å²) in [6.45, 7) is 3.26. The standard InChI is InChI=1S/C24H25F6NO/c1-14(17-9-18(23(25,26)27)11-19(10-17)24(28,29)30)32-21-8-7-16-12-31-13-20(16)22(21)15-5-3-2-4-6-15/h2-6,9-11,14,16,20-22,31H,7-8,12-13H2,1H3/t14-,16-,20-,21+,22?/m1/s1. The molecule has 1 aliphatic heterocycles. The minimum atomic E-state index is -4.88. The molecular weight excluding hydrogens is 432 g/mol. The lowest BCUT2D eigenvalue weighted by Crippen LogP contribution is -2.38. The zero-order valence-electron chi connectivity index (χ0n) is 17.5. The van der Waals surface area contributed by atoms with Crippen molar-refractivity contribution < 1.29 is 31.1 Å². The summed E-state index contributed by atoms with van der Waals surface area (Å²) in [5.41, 5.74) is -1.67. The van der Waals surface area contributed by atoms with Crippen molar-refractivity contribution in [3.05, 3.63) is 70.8 Å². The molecule has 1 aliphatic carbocycles. The number of halogens is 6. The molecule has 2 aliphatic rings. The van der Waals surface area contributed by atoms with E-state index in [-0.39, 0.29) is 23.7 Å². The van der Waals surface area contributed by atoms with Crippen molar-refractivity contribution >= 4 is 0 Å². The van der Waals surface area contributed by atoms with Gasteiger partial charge in [-0.05, 0) is 74.0 Å². The van der Waals surface area contributed by atoms with E-state index in [1.807, 2.05) is 30.3 Å². The molecule has 0 spiro atoms. The Hall–Kier alpha value is -2.06. The van der Waals surface area contributed by atoms with Gasteiger partial charge in [0, 0.05) is 5.92 Å². The average Bonchev–Trinajstić information content (AvgIpc) is 3.21. The molecule has 32 heavy (non-hydrogen) atoms. The Kier molecular flexibility index (Phi) is 6.29. The van der Waals surface area contributed by atoms with Gasteiger partial charge in [0.1, 0.15) is 0 Å². The second-order valence-corrected chi connectivity index (χ2v) is 8.75. The van der Waals surface area contributed by atoms with Crippen LogP contribution in [0.5, 0.6) is 0 Å². The van der Waals surface area contributed by atoms with Gasteiger partial charge in [0.2, 0.25) is 0 Å². The molecule has 2 aromatic carbocycles. The summed E-state index contributed by atoms with van der Waals surface area (Å²) in [4.78, 5) is 0. The van der Waals surface area contributed by atoms with Gasteiger partial charge in [-0.25, -0.2) is 0 Å². The molecule has 174 valence electrons. The second-order valence-electron chi connectivity index (χ2n) is 8.75. The smallest absolute Gasteiger partial charge is 0.370 e.